The number of nitrogens with one attached hydrogen (secondary N) is 1. The highest BCUT2D eigenvalue weighted by Gasteiger charge is 2.19. The van der Waals surface area contributed by atoms with Crippen molar-refractivity contribution >= 4 is 11.8 Å². The molecule has 86 valence electrons. The molecule has 0 bridgehead atoms. The van der Waals surface area contributed by atoms with Crippen LogP contribution in [-0.2, 0) is 6.42 Å². The minimum Gasteiger partial charge on any atom is -0.301 e. The van der Waals surface area contributed by atoms with Gasteiger partial charge in [0.15, 0.2) is 0 Å². The van der Waals surface area contributed by atoms with E-state index in [-0.39, 0.29) is 0 Å². The summed E-state index contributed by atoms with van der Waals surface area (Å²) in [5.41, 5.74) is 2.92. The fourth-order valence-corrected chi connectivity index (χ4v) is 3.35. The van der Waals surface area contributed by atoms with Crippen LogP contribution in [0, 0.1) is 0 Å². The number of rotatable bonds is 2. The summed E-state index contributed by atoms with van der Waals surface area (Å²) in [7, 11) is 0. The van der Waals surface area contributed by atoms with Crippen LogP contribution >= 0.6 is 11.8 Å². The molecular weight excluding hydrogens is 226 g/mol. The van der Waals surface area contributed by atoms with Crippen LogP contribution in [0.5, 0.6) is 0 Å². The van der Waals surface area contributed by atoms with E-state index < -0.39 is 0 Å². The van der Waals surface area contributed by atoms with Crippen molar-refractivity contribution in [1.82, 2.24) is 5.32 Å². The molecule has 2 aromatic carbocycles. The van der Waals surface area contributed by atoms with Crippen LogP contribution in [0.15, 0.2) is 59.5 Å². The van der Waals surface area contributed by atoms with Gasteiger partial charge in [-0.25, -0.2) is 0 Å². The predicted molar refractivity (Wildman–Crippen MR) is 73.2 cm³/mol. The molecule has 0 aliphatic carbocycles. The quantitative estimate of drug-likeness (QED) is 0.861. The fourth-order valence-electron chi connectivity index (χ4n) is 2.21. The van der Waals surface area contributed by atoms with E-state index in [1.165, 1.54) is 16.0 Å². The lowest BCUT2D eigenvalue weighted by molar-refractivity contribution is 0.630. The molecule has 2 aromatic rings. The first-order chi connectivity index (χ1) is 8.43. The molecular formula is C15H15NS. The van der Waals surface area contributed by atoms with E-state index in [9.17, 15) is 0 Å². The average Bonchev–Trinajstić information content (AvgIpc) is 2.40. The fraction of sp³-hybridized carbons (Fsp3) is 0.200. The third kappa shape index (κ3) is 2.38. The van der Waals surface area contributed by atoms with E-state index in [2.05, 4.69) is 59.9 Å². The molecule has 0 spiro atoms. The van der Waals surface area contributed by atoms with Crippen molar-refractivity contribution in [2.24, 2.45) is 0 Å². The van der Waals surface area contributed by atoms with Gasteiger partial charge in [-0.3, -0.25) is 0 Å². The Morgan fingerprint density at radius 1 is 0.941 bits per heavy atom. The molecule has 1 nitrogen and oxygen atoms in total. The molecule has 1 aliphatic rings. The van der Waals surface area contributed by atoms with Crippen LogP contribution in [0.4, 0.5) is 0 Å². The maximum atomic E-state index is 3.59. The minimum absolute atomic E-state index is 0.391. The molecule has 3 rings (SSSR count). The van der Waals surface area contributed by atoms with E-state index in [1.54, 1.807) is 0 Å². The third-order valence-corrected chi connectivity index (χ3v) is 4.26. The Hall–Kier alpha value is -1.25. The Morgan fingerprint density at radius 3 is 2.59 bits per heavy atom. The maximum Gasteiger partial charge on any atom is 0.0838 e. The summed E-state index contributed by atoms with van der Waals surface area (Å²) in [4.78, 5) is 1.32. The van der Waals surface area contributed by atoms with Crippen molar-refractivity contribution < 1.29 is 0 Å². The zero-order valence-electron chi connectivity index (χ0n) is 9.60. The number of hydrogen-bond donors (Lipinski definition) is 1. The molecule has 0 saturated heterocycles. The Balaban J connectivity index is 1.86. The number of benzene rings is 2. The lowest BCUT2D eigenvalue weighted by Crippen LogP contribution is -2.27. The molecule has 1 heterocycles. The monoisotopic (exact) mass is 241 g/mol. The zero-order chi connectivity index (χ0) is 11.5. The van der Waals surface area contributed by atoms with Gasteiger partial charge in [0.2, 0.25) is 0 Å². The first-order valence-corrected chi connectivity index (χ1v) is 6.84. The van der Waals surface area contributed by atoms with Gasteiger partial charge in [0.05, 0.1) is 5.37 Å². The maximum absolute atomic E-state index is 3.59. The van der Waals surface area contributed by atoms with E-state index in [0.717, 1.165) is 13.0 Å². The van der Waals surface area contributed by atoms with Gasteiger partial charge in [-0.2, -0.15) is 0 Å². The third-order valence-electron chi connectivity index (χ3n) is 3.06. The zero-order valence-corrected chi connectivity index (χ0v) is 10.4. The van der Waals surface area contributed by atoms with Gasteiger partial charge in [0.1, 0.15) is 0 Å². The van der Waals surface area contributed by atoms with Crippen LogP contribution in [0.3, 0.4) is 0 Å². The second kappa shape index (κ2) is 4.94. The smallest absolute Gasteiger partial charge is 0.0838 e. The van der Waals surface area contributed by atoms with Crippen molar-refractivity contribution in [1.29, 1.82) is 0 Å². The topological polar surface area (TPSA) is 12.0 Å². The van der Waals surface area contributed by atoms with Gasteiger partial charge in [0.25, 0.3) is 0 Å². The largest absolute Gasteiger partial charge is 0.301 e. The van der Waals surface area contributed by atoms with E-state index >= 15 is 0 Å². The van der Waals surface area contributed by atoms with Gasteiger partial charge in [0, 0.05) is 11.4 Å². The SMILES string of the molecule is c1ccc(SC2NCCc3ccccc32)cc1. The summed E-state index contributed by atoms with van der Waals surface area (Å²) in [6.45, 7) is 1.07. The van der Waals surface area contributed by atoms with Crippen molar-refractivity contribution in [3.63, 3.8) is 0 Å². The molecule has 1 aliphatic heterocycles. The van der Waals surface area contributed by atoms with Crippen molar-refractivity contribution in [3.8, 4) is 0 Å². The van der Waals surface area contributed by atoms with E-state index in [0.29, 0.717) is 5.37 Å². The normalized spacial score (nSPS) is 18.7. The Labute approximate surface area is 106 Å². The van der Waals surface area contributed by atoms with Crippen molar-refractivity contribution in [3.05, 3.63) is 65.7 Å². The van der Waals surface area contributed by atoms with E-state index in [4.69, 9.17) is 0 Å². The van der Waals surface area contributed by atoms with Crippen molar-refractivity contribution in [2.75, 3.05) is 6.54 Å². The molecule has 1 N–H and O–H groups in total. The first kappa shape index (κ1) is 10.9. The first-order valence-electron chi connectivity index (χ1n) is 5.96. The number of fused-ring (bicyclic) bond motifs is 1. The summed E-state index contributed by atoms with van der Waals surface area (Å²) in [6.07, 6.45) is 1.14. The Kier molecular flexibility index (Phi) is 3.16. The minimum atomic E-state index is 0.391. The van der Waals surface area contributed by atoms with Crippen LogP contribution in [0.2, 0.25) is 0 Å². The highest BCUT2D eigenvalue weighted by molar-refractivity contribution is 7.99. The van der Waals surface area contributed by atoms with E-state index in [1.807, 2.05) is 11.8 Å². The molecule has 17 heavy (non-hydrogen) atoms. The molecule has 2 heteroatoms. The lowest BCUT2D eigenvalue weighted by Gasteiger charge is -2.26. The Bertz CT molecular complexity index is 495. The molecule has 0 aromatic heterocycles. The van der Waals surface area contributed by atoms with Crippen molar-refractivity contribution in [2.45, 2.75) is 16.7 Å². The summed E-state index contributed by atoms with van der Waals surface area (Å²) >= 11 is 1.90. The lowest BCUT2D eigenvalue weighted by atomic mass is 10.0. The molecule has 1 unspecified atom stereocenters. The summed E-state index contributed by atoms with van der Waals surface area (Å²) in [5, 5.41) is 3.98. The van der Waals surface area contributed by atoms with Gasteiger partial charge in [-0.05, 0) is 29.7 Å². The highest BCUT2D eigenvalue weighted by Crippen LogP contribution is 2.36. The number of hydrogen-bond acceptors (Lipinski definition) is 2. The molecule has 0 saturated carbocycles. The van der Waals surface area contributed by atoms with Gasteiger partial charge in [-0.1, -0.05) is 42.5 Å². The summed E-state index contributed by atoms with van der Waals surface area (Å²) in [5.74, 6) is 0. The van der Waals surface area contributed by atoms with Crippen LogP contribution in [0.25, 0.3) is 0 Å². The highest BCUT2D eigenvalue weighted by atomic mass is 32.2. The summed E-state index contributed by atoms with van der Waals surface area (Å²) in [6, 6.07) is 19.3. The molecule has 0 fully saturated rings. The second-order valence-electron chi connectivity index (χ2n) is 4.21. The van der Waals surface area contributed by atoms with Gasteiger partial charge >= 0.3 is 0 Å². The Morgan fingerprint density at radius 2 is 1.71 bits per heavy atom. The standard InChI is InChI=1S/C15H15NS/c1-2-7-13(8-3-1)17-15-14-9-5-4-6-12(14)10-11-16-15/h1-9,15-16H,10-11H2. The van der Waals surface area contributed by atoms with Gasteiger partial charge in [-0.15, -0.1) is 11.8 Å². The van der Waals surface area contributed by atoms with Gasteiger partial charge < -0.3 is 5.32 Å². The van der Waals surface area contributed by atoms with Crippen LogP contribution in [0.1, 0.15) is 16.5 Å². The number of thioether (sulfide) groups is 1. The molecule has 0 amide bonds. The second-order valence-corrected chi connectivity index (χ2v) is 5.39. The predicted octanol–water partition coefficient (Wildman–Crippen LogP) is 3.62. The molecule has 0 radical (unpaired) electrons. The molecule has 1 atom stereocenters. The summed E-state index contributed by atoms with van der Waals surface area (Å²) < 4.78 is 0. The van der Waals surface area contributed by atoms with Crippen LogP contribution in [-0.4, -0.2) is 6.54 Å². The van der Waals surface area contributed by atoms with Crippen LogP contribution < -0.4 is 5.32 Å². The average molecular weight is 241 g/mol.